The van der Waals surface area contributed by atoms with Gasteiger partial charge in [0.05, 0.1) is 16.9 Å². The molecule has 0 amide bonds. The Morgan fingerprint density at radius 3 is 2.89 bits per heavy atom. The summed E-state index contributed by atoms with van der Waals surface area (Å²) >= 11 is 6.10. The van der Waals surface area contributed by atoms with Gasteiger partial charge in [0.2, 0.25) is 5.78 Å². The number of likely N-dealkylation sites (tertiary alicyclic amines) is 1. The summed E-state index contributed by atoms with van der Waals surface area (Å²) in [6.45, 7) is 5.75. The van der Waals surface area contributed by atoms with Crippen LogP contribution in [0.4, 0.5) is 11.5 Å². The summed E-state index contributed by atoms with van der Waals surface area (Å²) < 4.78 is 1.78. The summed E-state index contributed by atoms with van der Waals surface area (Å²) in [6, 6.07) is 5.80. The molecule has 0 spiro atoms. The molecule has 0 atom stereocenters. The maximum atomic E-state index is 12.0. The van der Waals surface area contributed by atoms with E-state index in [1.54, 1.807) is 17.5 Å². The predicted octanol–water partition coefficient (Wildman–Crippen LogP) is 2.85. The standard InChI is InChI=1S/C20H23ClN6O/c1-13-12-14(17(22)16(21)19(13)28)24-18-15-6-2-3-10-27(15)25-20(18)23-7-11-26-8-4-5-9-26/h2-3,6,10,12H,4-5,7-9,11,22H2,1H3,(H,23,25)/b24-14+. The number of hydrogen-bond donors (Lipinski definition) is 2. The Hall–Kier alpha value is -2.64. The zero-order valence-corrected chi connectivity index (χ0v) is 16.5. The van der Waals surface area contributed by atoms with Crippen LogP contribution in [0.15, 0.2) is 51.8 Å². The van der Waals surface area contributed by atoms with E-state index in [4.69, 9.17) is 22.3 Å². The van der Waals surface area contributed by atoms with E-state index in [1.807, 2.05) is 24.4 Å². The molecule has 2 aromatic heterocycles. The fourth-order valence-corrected chi connectivity index (χ4v) is 3.77. The summed E-state index contributed by atoms with van der Waals surface area (Å²) in [5.74, 6) is 0.423. The molecule has 28 heavy (non-hydrogen) atoms. The lowest BCUT2D eigenvalue weighted by atomic mass is 10.0. The molecular weight excluding hydrogens is 376 g/mol. The van der Waals surface area contributed by atoms with Crippen molar-refractivity contribution < 1.29 is 4.79 Å². The van der Waals surface area contributed by atoms with Crippen LogP contribution in [0.1, 0.15) is 19.8 Å². The van der Waals surface area contributed by atoms with Crippen molar-refractivity contribution >= 4 is 40.1 Å². The van der Waals surface area contributed by atoms with Gasteiger partial charge in [-0.1, -0.05) is 17.7 Å². The summed E-state index contributed by atoms with van der Waals surface area (Å²) in [5, 5.41) is 8.04. The third-order valence-corrected chi connectivity index (χ3v) is 5.46. The second-order valence-electron chi connectivity index (χ2n) is 7.08. The van der Waals surface area contributed by atoms with Gasteiger partial charge in [-0.15, -0.1) is 5.10 Å². The monoisotopic (exact) mass is 398 g/mol. The summed E-state index contributed by atoms with van der Waals surface area (Å²) in [5.41, 5.74) is 8.78. The zero-order valence-electron chi connectivity index (χ0n) is 15.8. The molecule has 3 heterocycles. The number of anilines is 1. The van der Waals surface area contributed by atoms with Crippen LogP contribution in [0.2, 0.25) is 0 Å². The Morgan fingerprint density at radius 1 is 1.32 bits per heavy atom. The van der Waals surface area contributed by atoms with Crippen LogP contribution in [-0.4, -0.2) is 52.2 Å². The molecule has 2 aromatic rings. The molecule has 0 saturated carbocycles. The van der Waals surface area contributed by atoms with Crippen molar-refractivity contribution in [2.75, 3.05) is 31.5 Å². The fourth-order valence-electron chi connectivity index (χ4n) is 3.52. The van der Waals surface area contributed by atoms with Crippen molar-refractivity contribution in [2.24, 2.45) is 10.7 Å². The Kier molecular flexibility index (Phi) is 5.19. The van der Waals surface area contributed by atoms with Gasteiger partial charge in [0.1, 0.15) is 10.7 Å². The number of pyridine rings is 1. The summed E-state index contributed by atoms with van der Waals surface area (Å²) in [7, 11) is 0. The number of carbonyl (C=O) groups excluding carboxylic acids is 1. The van der Waals surface area contributed by atoms with Gasteiger partial charge in [-0.25, -0.2) is 9.51 Å². The molecule has 146 valence electrons. The Balaban J connectivity index is 1.68. The van der Waals surface area contributed by atoms with E-state index in [-0.39, 0.29) is 16.5 Å². The first-order chi connectivity index (χ1) is 13.5. The smallest absolute Gasteiger partial charge is 0.202 e. The van der Waals surface area contributed by atoms with Crippen molar-refractivity contribution in [3.63, 3.8) is 0 Å². The highest BCUT2D eigenvalue weighted by Gasteiger charge is 2.23. The Labute approximate surface area is 168 Å². The second kappa shape index (κ2) is 7.77. The first kappa shape index (κ1) is 18.7. The van der Waals surface area contributed by atoms with Gasteiger partial charge < -0.3 is 16.0 Å². The van der Waals surface area contributed by atoms with Crippen molar-refractivity contribution in [1.82, 2.24) is 14.5 Å². The zero-order chi connectivity index (χ0) is 19.7. The first-order valence-electron chi connectivity index (χ1n) is 9.45. The van der Waals surface area contributed by atoms with E-state index >= 15 is 0 Å². The van der Waals surface area contributed by atoms with E-state index in [0.717, 1.165) is 31.7 Å². The molecule has 4 rings (SSSR count). The number of halogens is 1. The molecule has 3 N–H and O–H groups in total. The lowest BCUT2D eigenvalue weighted by Gasteiger charge is -2.15. The number of allylic oxidation sites excluding steroid dienone is 3. The van der Waals surface area contributed by atoms with Crippen LogP contribution in [0.3, 0.4) is 0 Å². The van der Waals surface area contributed by atoms with Gasteiger partial charge in [-0.05, 0) is 51.1 Å². The first-order valence-corrected chi connectivity index (χ1v) is 9.83. The highest BCUT2D eigenvalue weighted by molar-refractivity contribution is 6.49. The quantitative estimate of drug-likeness (QED) is 0.756. The van der Waals surface area contributed by atoms with Gasteiger partial charge in [-0.2, -0.15) is 0 Å². The van der Waals surface area contributed by atoms with Crippen molar-refractivity contribution in [3.8, 4) is 0 Å². The van der Waals surface area contributed by atoms with E-state index < -0.39 is 0 Å². The Morgan fingerprint density at radius 2 is 2.11 bits per heavy atom. The van der Waals surface area contributed by atoms with Crippen LogP contribution in [0.25, 0.3) is 5.52 Å². The van der Waals surface area contributed by atoms with Crippen molar-refractivity contribution in [3.05, 3.63) is 46.8 Å². The lowest BCUT2D eigenvalue weighted by Crippen LogP contribution is -2.26. The number of aromatic nitrogens is 2. The number of nitrogens with two attached hydrogens (primary N) is 1. The maximum absolute atomic E-state index is 12.0. The van der Waals surface area contributed by atoms with Crippen LogP contribution in [0.5, 0.6) is 0 Å². The molecule has 0 unspecified atom stereocenters. The largest absolute Gasteiger partial charge is 0.396 e. The minimum Gasteiger partial charge on any atom is -0.396 e. The summed E-state index contributed by atoms with van der Waals surface area (Å²) in [4.78, 5) is 19.2. The number of Topliss-reactive ketones (excluding diaryl/α,β-unsaturated/α-hetero) is 1. The third kappa shape index (κ3) is 3.55. The van der Waals surface area contributed by atoms with Crippen molar-refractivity contribution in [2.45, 2.75) is 19.8 Å². The molecule has 2 aliphatic rings. The number of ketones is 1. The number of rotatable bonds is 5. The van der Waals surface area contributed by atoms with Gasteiger partial charge in [0, 0.05) is 24.9 Å². The molecule has 0 aromatic carbocycles. The topological polar surface area (TPSA) is 88.0 Å². The van der Waals surface area contributed by atoms with Gasteiger partial charge in [0.25, 0.3) is 0 Å². The van der Waals surface area contributed by atoms with Crippen LogP contribution >= 0.6 is 11.6 Å². The second-order valence-corrected chi connectivity index (χ2v) is 7.46. The number of nitrogens with one attached hydrogen (secondary N) is 1. The van der Waals surface area contributed by atoms with E-state index in [9.17, 15) is 4.79 Å². The molecule has 0 radical (unpaired) electrons. The normalized spacial score (nSPS) is 19.7. The SMILES string of the molecule is CC1=C/C(=N\c2c(NCCN3CCCC3)nn3ccccc23)C(N)=C(Cl)C1=O. The predicted molar refractivity (Wildman–Crippen MR) is 112 cm³/mol. The average molecular weight is 399 g/mol. The molecule has 7 nitrogen and oxygen atoms in total. The van der Waals surface area contributed by atoms with Crippen LogP contribution < -0.4 is 11.1 Å². The van der Waals surface area contributed by atoms with E-state index in [0.29, 0.717) is 22.8 Å². The lowest BCUT2D eigenvalue weighted by molar-refractivity contribution is -0.111. The van der Waals surface area contributed by atoms with E-state index in [1.165, 1.54) is 12.8 Å². The van der Waals surface area contributed by atoms with Gasteiger partial charge >= 0.3 is 0 Å². The van der Waals surface area contributed by atoms with Gasteiger partial charge in [-0.3, -0.25) is 4.79 Å². The number of hydrogen-bond acceptors (Lipinski definition) is 6. The molecule has 1 aliphatic carbocycles. The fraction of sp³-hybridized carbons (Fsp3) is 0.350. The molecular formula is C20H23ClN6O. The molecule has 1 saturated heterocycles. The average Bonchev–Trinajstić information content (AvgIpc) is 3.33. The minimum atomic E-state index is -0.262. The highest BCUT2D eigenvalue weighted by Crippen LogP contribution is 2.31. The third-order valence-electron chi connectivity index (χ3n) is 5.09. The number of fused-ring (bicyclic) bond motifs is 1. The highest BCUT2D eigenvalue weighted by atomic mass is 35.5. The number of carbonyl (C=O) groups is 1. The maximum Gasteiger partial charge on any atom is 0.202 e. The summed E-state index contributed by atoms with van der Waals surface area (Å²) in [6.07, 6.45) is 6.08. The van der Waals surface area contributed by atoms with Crippen LogP contribution in [-0.2, 0) is 4.79 Å². The van der Waals surface area contributed by atoms with Gasteiger partial charge in [0.15, 0.2) is 5.82 Å². The molecule has 1 fully saturated rings. The van der Waals surface area contributed by atoms with Crippen molar-refractivity contribution in [1.29, 1.82) is 0 Å². The van der Waals surface area contributed by atoms with Crippen LogP contribution in [0, 0.1) is 0 Å². The Bertz CT molecular complexity index is 1010. The minimum absolute atomic E-state index is 0.0127. The number of aliphatic imine (C=N–C) groups is 1. The molecule has 1 aliphatic heterocycles. The molecule has 8 heteroatoms. The molecule has 0 bridgehead atoms. The van der Waals surface area contributed by atoms with E-state index in [2.05, 4.69) is 15.3 Å². The number of nitrogens with zero attached hydrogens (tertiary/aromatic N) is 4.